The Balaban J connectivity index is 0.000000164. The predicted octanol–water partition coefficient (Wildman–Crippen LogP) is 32.8. The summed E-state index contributed by atoms with van der Waals surface area (Å²) >= 11 is 34.1. The van der Waals surface area contributed by atoms with Crippen LogP contribution in [0.15, 0.2) is 385 Å². The third-order valence-electron chi connectivity index (χ3n) is 24.0. The smallest absolute Gasteiger partial charge is 0.332 e. The number of hydrogen-bond acceptors (Lipinski definition) is 11. The van der Waals surface area contributed by atoms with Gasteiger partial charge in [0.2, 0.25) is 6.08 Å². The molecule has 0 bridgehead atoms. The number of urea groups is 3. The molecule has 6 unspecified atom stereocenters. The number of aryl methyl sites for hydroxylation is 5. The van der Waals surface area contributed by atoms with Crippen LogP contribution in [0, 0.1) is 40.5 Å². The highest BCUT2D eigenvalue weighted by Crippen LogP contribution is 2.51. The zero-order chi connectivity index (χ0) is 102. The molecule has 0 radical (unpaired) electrons. The number of alkyl halides is 1. The van der Waals surface area contributed by atoms with Gasteiger partial charge in [0.25, 0.3) is 0 Å². The van der Waals surface area contributed by atoms with Gasteiger partial charge in [-0.2, -0.15) is 4.99 Å². The van der Waals surface area contributed by atoms with E-state index in [-0.39, 0.29) is 40.4 Å². The molecule has 0 spiro atoms. The fraction of sp³-hybridized carbons (Fsp3) is 0.211. The number of ketones is 2. The fourth-order valence-electron chi connectivity index (χ4n) is 17.1. The summed E-state index contributed by atoms with van der Waals surface area (Å²) in [6.45, 7) is 20.0. The first kappa shape index (κ1) is 111. The van der Waals surface area contributed by atoms with Crippen molar-refractivity contribution in [3.8, 4) is 0 Å². The molecule has 3 saturated heterocycles. The van der Waals surface area contributed by atoms with Crippen LogP contribution in [0.1, 0.15) is 138 Å². The monoisotopic (exact) mass is 2520 g/mol. The molecular weight excluding hydrogens is 2420 g/mol. The number of halogens is 10. The lowest BCUT2D eigenvalue weighted by molar-refractivity contribution is 0.0303. The number of isocyanates is 1. The summed E-state index contributed by atoms with van der Waals surface area (Å²) in [7, 11) is 0. The molecule has 17 nitrogen and oxygen atoms in total. The van der Waals surface area contributed by atoms with Gasteiger partial charge in [0, 0.05) is 114 Å². The number of nitrogen functional groups attached to an aromatic ring is 1. The molecule has 8 atom stereocenters. The van der Waals surface area contributed by atoms with Gasteiger partial charge in [0.1, 0.15) is 0 Å². The molecule has 6 amide bonds. The number of carbonyl (C=O) groups excluding carboxylic acids is 6. The van der Waals surface area contributed by atoms with Crippen LogP contribution in [0.4, 0.5) is 59.9 Å². The van der Waals surface area contributed by atoms with Crippen molar-refractivity contribution in [1.82, 2.24) is 0 Å². The van der Waals surface area contributed by atoms with E-state index in [0.717, 1.165) is 121 Å². The molecule has 14 aromatic carbocycles. The van der Waals surface area contributed by atoms with Crippen molar-refractivity contribution in [3.63, 3.8) is 0 Å². The first-order valence-corrected chi connectivity index (χ1v) is 53.8. The third-order valence-corrected chi connectivity index (χ3v) is 29.8. The number of aliphatic hydroxyl groups is 3. The average Bonchev–Trinajstić information content (AvgIpc) is 1.57. The van der Waals surface area contributed by atoms with Gasteiger partial charge < -0.3 is 21.1 Å². The maximum Gasteiger partial charge on any atom is 0.332 e. The SMILES string of the molecule is CCC(Br)C(=O)c1cccc(C)c1.CCC(Cc1ccc(Br)cc1)C(=O)c1cccc(C)c1.CCC1N(c2ccc(Br)cc2)C(=O)N(c2ccc(Br)cc2)C1(O)c1cccc(C)c1.CC[C@@H]1N(c2ccc(Br)cc2)C(=O)N(c2ccc(Br)cc2)C1(O)c1cccc(C)c1.CC[C@H]1N(c2ccc(Br)cc2)C(=O)N(c2ccc(Br)cc2)C1(O)c1cccc(C)c1.Nc1ccc(Br)cc1.O=C=Nc1ccc(Br)cc1. The molecule has 0 saturated carbocycles. The molecule has 17 rings (SSSR count). The number of rotatable bonds is 21. The van der Waals surface area contributed by atoms with Crippen molar-refractivity contribution in [3.05, 3.63) is 441 Å². The minimum absolute atomic E-state index is 0.0469. The molecule has 728 valence electrons. The topological polar surface area (TPSA) is 221 Å². The molecular formula is C114H108Br10N8O9. The Labute approximate surface area is 910 Å². The molecule has 3 aliphatic rings. The standard InChI is InChI=1S/3C24H22Br2N2O2.C18H19BrO.C11H13BrO.C7H4BrNO.C6H6BrN/c3*1-3-22-24(30,17-6-4-5-16(2)15-17)28(21-13-9-19(26)10-14-21)23(29)27(22)20-11-7-18(25)8-12-20;1-3-15(12-14-7-9-17(19)10-8-14)18(20)16-6-4-5-13(2)11-16;1-3-10(12)11(13)9-6-4-5-8(2)7-9;8-6-1-3-7(4-2-6)9-5-10;7-5-1-3-6(8)4-2-5/h3*4-15,22,30H,3H2,1-2H3;4-11,15H,3,12H2,1-2H3;4-7,10H,3H2,1-2H3;1-4H;1-4H,8H2/t2*22-,24?;;;;;/m10...../s1. The summed E-state index contributed by atoms with van der Waals surface area (Å²) in [4.78, 5) is 88.4. The summed E-state index contributed by atoms with van der Waals surface area (Å²) in [5.41, 5.74) is 16.7. The molecule has 14 aromatic rings. The Kier molecular flexibility index (Phi) is 41.1. The van der Waals surface area contributed by atoms with E-state index in [9.17, 15) is 44.1 Å². The Morgan fingerprint density at radius 3 is 0.837 bits per heavy atom. The van der Waals surface area contributed by atoms with Gasteiger partial charge in [-0.15, -0.1) is 0 Å². The Morgan fingerprint density at radius 1 is 0.340 bits per heavy atom. The molecule has 5 N–H and O–H groups in total. The number of aliphatic imine (C=N–C) groups is 1. The van der Waals surface area contributed by atoms with E-state index in [0.29, 0.717) is 58.7 Å². The van der Waals surface area contributed by atoms with Crippen LogP contribution in [0.25, 0.3) is 0 Å². The number of nitrogens with two attached hydrogens (primary N) is 1. The summed E-state index contributed by atoms with van der Waals surface area (Å²) in [5, 5.41) is 36.7. The van der Waals surface area contributed by atoms with E-state index in [1.54, 1.807) is 26.8 Å². The van der Waals surface area contributed by atoms with E-state index >= 15 is 0 Å². The number of amides is 6. The van der Waals surface area contributed by atoms with Crippen LogP contribution in [-0.4, -0.2) is 74.0 Å². The fourth-order valence-corrected chi connectivity index (χ4v) is 19.7. The summed E-state index contributed by atoms with van der Waals surface area (Å²) in [6.07, 6.45) is 5.70. The van der Waals surface area contributed by atoms with Gasteiger partial charge in [-0.05, 0) is 297 Å². The molecule has 0 aromatic heterocycles. The number of hydrogen-bond donors (Lipinski definition) is 4. The predicted molar refractivity (Wildman–Crippen MR) is 610 cm³/mol. The molecule has 0 aliphatic carbocycles. The van der Waals surface area contributed by atoms with Crippen molar-refractivity contribution < 1.29 is 44.1 Å². The number of benzene rings is 14. The molecule has 3 aliphatic heterocycles. The van der Waals surface area contributed by atoms with Crippen molar-refractivity contribution in [2.75, 3.05) is 35.1 Å². The average molecular weight is 2530 g/mol. The van der Waals surface area contributed by atoms with Crippen LogP contribution in [0.2, 0.25) is 0 Å². The highest BCUT2D eigenvalue weighted by molar-refractivity contribution is 9.12. The number of anilines is 7. The van der Waals surface area contributed by atoms with Crippen LogP contribution < -0.4 is 35.1 Å². The van der Waals surface area contributed by atoms with Gasteiger partial charge in [-0.25, -0.2) is 19.2 Å². The largest absolute Gasteiger partial charge is 0.399 e. The number of carbonyl (C=O) groups is 5. The van der Waals surface area contributed by atoms with Crippen molar-refractivity contribution >= 4 is 241 Å². The minimum atomic E-state index is -1.52. The normalized spacial score (nSPS) is 17.6. The first-order chi connectivity index (χ1) is 67.4. The summed E-state index contributed by atoms with van der Waals surface area (Å²) in [5.74, 6) is 0.475. The van der Waals surface area contributed by atoms with E-state index in [1.165, 1.54) is 26.3 Å². The zero-order valence-electron chi connectivity index (χ0n) is 79.2. The van der Waals surface area contributed by atoms with Crippen LogP contribution in [0.5, 0.6) is 0 Å². The maximum atomic E-state index is 13.8. The van der Waals surface area contributed by atoms with E-state index < -0.39 is 35.3 Å². The lowest BCUT2D eigenvalue weighted by Gasteiger charge is -2.37. The Bertz CT molecular complexity index is 6200. The van der Waals surface area contributed by atoms with Crippen molar-refractivity contribution in [2.45, 2.75) is 148 Å². The molecule has 141 heavy (non-hydrogen) atoms. The Hall–Kier alpha value is -9.91. The maximum absolute atomic E-state index is 13.8. The number of nitrogens with zero attached hydrogens (tertiary/aromatic N) is 7. The Morgan fingerprint density at radius 2 is 0.589 bits per heavy atom. The van der Waals surface area contributed by atoms with Crippen molar-refractivity contribution in [2.24, 2.45) is 10.9 Å². The van der Waals surface area contributed by atoms with Gasteiger partial charge in [0.05, 0.1) is 28.6 Å². The van der Waals surface area contributed by atoms with E-state index in [1.807, 2.05) is 378 Å². The third kappa shape index (κ3) is 27.8. The van der Waals surface area contributed by atoms with E-state index in [4.69, 9.17) is 5.73 Å². The molecule has 3 fully saturated rings. The number of Topliss-reactive ketones (excluding diaryl/α,β-unsaturated/α-hetero) is 2. The second-order valence-electron chi connectivity index (χ2n) is 33.9. The highest BCUT2D eigenvalue weighted by atomic mass is 79.9. The van der Waals surface area contributed by atoms with Gasteiger partial charge in [-0.3, -0.25) is 39.0 Å². The zero-order valence-corrected chi connectivity index (χ0v) is 95.1. The minimum Gasteiger partial charge on any atom is -0.399 e. The van der Waals surface area contributed by atoms with Gasteiger partial charge in [-0.1, -0.05) is 343 Å². The van der Waals surface area contributed by atoms with Crippen LogP contribution in [-0.2, 0) is 28.4 Å². The second-order valence-corrected chi connectivity index (χ2v) is 43.2. The lowest BCUT2D eigenvalue weighted by atomic mass is 9.89. The van der Waals surface area contributed by atoms with Gasteiger partial charge in [0.15, 0.2) is 28.7 Å². The van der Waals surface area contributed by atoms with Crippen LogP contribution in [0.3, 0.4) is 0 Å². The highest BCUT2D eigenvalue weighted by Gasteiger charge is 2.61. The second kappa shape index (κ2) is 52.0. The van der Waals surface area contributed by atoms with Crippen LogP contribution >= 0.6 is 159 Å². The summed E-state index contributed by atoms with van der Waals surface area (Å²) < 4.78 is 8.64. The molecule has 27 heteroatoms. The van der Waals surface area contributed by atoms with Gasteiger partial charge >= 0.3 is 18.1 Å². The van der Waals surface area contributed by atoms with Crippen molar-refractivity contribution in [1.29, 1.82) is 0 Å². The lowest BCUT2D eigenvalue weighted by Crippen LogP contribution is -2.49. The first-order valence-electron chi connectivity index (χ1n) is 45.7. The molecule has 3 heterocycles. The summed E-state index contributed by atoms with van der Waals surface area (Å²) in [6, 6.07) is 105. The van der Waals surface area contributed by atoms with E-state index in [2.05, 4.69) is 183 Å². The quantitative estimate of drug-likeness (QED) is 0.0175.